The first-order chi connectivity index (χ1) is 11.2. The highest BCUT2D eigenvalue weighted by atomic mass is 16.3. The standard InChI is InChI=1S/C19H14N2O2/c1-13-6-5-9-15(10-13)17-12-18(22)21-19(23-17)11-16(20-21)14-7-3-2-4-8-14/h2-12H,1H3. The van der Waals surface area contributed by atoms with Gasteiger partial charge in [-0.3, -0.25) is 4.79 Å². The van der Waals surface area contributed by atoms with Crippen LogP contribution in [0.4, 0.5) is 0 Å². The molecule has 2 aromatic carbocycles. The Morgan fingerprint density at radius 2 is 1.70 bits per heavy atom. The fourth-order valence-corrected chi connectivity index (χ4v) is 2.60. The van der Waals surface area contributed by atoms with Crippen molar-refractivity contribution in [3.63, 3.8) is 0 Å². The molecule has 0 aliphatic heterocycles. The second kappa shape index (κ2) is 5.25. The lowest BCUT2D eigenvalue weighted by atomic mass is 10.1. The molecular weight excluding hydrogens is 288 g/mol. The van der Waals surface area contributed by atoms with Crippen molar-refractivity contribution in [2.45, 2.75) is 6.92 Å². The van der Waals surface area contributed by atoms with Crippen LogP contribution in [0.2, 0.25) is 0 Å². The Labute approximate surface area is 132 Å². The highest BCUT2D eigenvalue weighted by Crippen LogP contribution is 2.23. The van der Waals surface area contributed by atoms with E-state index in [1.165, 1.54) is 10.6 Å². The Kier molecular flexibility index (Phi) is 3.08. The number of hydrogen-bond donors (Lipinski definition) is 0. The van der Waals surface area contributed by atoms with Crippen molar-refractivity contribution in [3.8, 4) is 22.6 Å². The number of nitrogens with zero attached hydrogens (tertiary/aromatic N) is 2. The van der Waals surface area contributed by atoms with Gasteiger partial charge in [-0.25, -0.2) is 0 Å². The van der Waals surface area contributed by atoms with E-state index in [1.807, 2.05) is 61.5 Å². The van der Waals surface area contributed by atoms with Gasteiger partial charge < -0.3 is 4.42 Å². The first-order valence-corrected chi connectivity index (χ1v) is 7.37. The maximum atomic E-state index is 12.3. The molecule has 0 saturated carbocycles. The molecule has 4 rings (SSSR count). The van der Waals surface area contributed by atoms with E-state index < -0.39 is 0 Å². The molecule has 0 bridgehead atoms. The molecule has 0 spiro atoms. The van der Waals surface area contributed by atoms with Gasteiger partial charge in [-0.2, -0.15) is 9.61 Å². The van der Waals surface area contributed by atoms with Crippen LogP contribution in [-0.2, 0) is 0 Å². The molecule has 0 aliphatic rings. The predicted octanol–water partition coefficient (Wildman–Crippen LogP) is 3.93. The maximum absolute atomic E-state index is 12.3. The van der Waals surface area contributed by atoms with E-state index in [0.29, 0.717) is 17.2 Å². The summed E-state index contributed by atoms with van der Waals surface area (Å²) in [5.74, 6) is 0.547. The lowest BCUT2D eigenvalue weighted by Crippen LogP contribution is -2.12. The average molecular weight is 302 g/mol. The summed E-state index contributed by atoms with van der Waals surface area (Å²) >= 11 is 0. The Bertz CT molecular complexity index is 1050. The number of hydrogen-bond acceptors (Lipinski definition) is 3. The molecule has 2 heterocycles. The number of benzene rings is 2. The number of rotatable bonds is 2. The van der Waals surface area contributed by atoms with Crippen LogP contribution in [0.1, 0.15) is 5.56 Å². The summed E-state index contributed by atoms with van der Waals surface area (Å²) in [4.78, 5) is 12.3. The molecule has 0 atom stereocenters. The van der Waals surface area contributed by atoms with Crippen LogP contribution in [0, 0.1) is 6.92 Å². The van der Waals surface area contributed by atoms with Gasteiger partial charge in [-0.05, 0) is 13.0 Å². The van der Waals surface area contributed by atoms with Crippen LogP contribution < -0.4 is 5.56 Å². The van der Waals surface area contributed by atoms with Crippen molar-refractivity contribution in [2.75, 3.05) is 0 Å². The van der Waals surface area contributed by atoms with Gasteiger partial charge in [-0.15, -0.1) is 0 Å². The summed E-state index contributed by atoms with van der Waals surface area (Å²) in [6.45, 7) is 2.01. The minimum absolute atomic E-state index is 0.204. The third-order valence-corrected chi connectivity index (χ3v) is 3.73. The number of aryl methyl sites for hydroxylation is 1. The molecule has 4 heteroatoms. The molecule has 112 valence electrons. The summed E-state index contributed by atoms with van der Waals surface area (Å²) in [7, 11) is 0. The monoisotopic (exact) mass is 302 g/mol. The predicted molar refractivity (Wildman–Crippen MR) is 89.3 cm³/mol. The number of aromatic nitrogens is 2. The zero-order valence-electron chi connectivity index (χ0n) is 12.6. The van der Waals surface area contributed by atoms with Crippen LogP contribution in [0.3, 0.4) is 0 Å². The van der Waals surface area contributed by atoms with E-state index in [0.717, 1.165) is 16.7 Å². The molecule has 0 amide bonds. The van der Waals surface area contributed by atoms with E-state index in [9.17, 15) is 4.79 Å². The van der Waals surface area contributed by atoms with Gasteiger partial charge in [0.1, 0.15) is 5.76 Å². The van der Waals surface area contributed by atoms with Gasteiger partial charge in [-0.1, -0.05) is 54.1 Å². The third-order valence-electron chi connectivity index (χ3n) is 3.73. The van der Waals surface area contributed by atoms with E-state index >= 15 is 0 Å². The minimum Gasteiger partial charge on any atom is -0.438 e. The topological polar surface area (TPSA) is 47.5 Å². The quantitative estimate of drug-likeness (QED) is 0.563. The molecule has 0 saturated heterocycles. The summed E-state index contributed by atoms with van der Waals surface area (Å²) in [6, 6.07) is 20.9. The fourth-order valence-electron chi connectivity index (χ4n) is 2.60. The highest BCUT2D eigenvalue weighted by Gasteiger charge is 2.11. The third kappa shape index (κ3) is 2.44. The summed E-state index contributed by atoms with van der Waals surface area (Å²) in [5.41, 5.74) is 3.89. The minimum atomic E-state index is -0.204. The van der Waals surface area contributed by atoms with Crippen LogP contribution in [0.25, 0.3) is 28.3 Å². The van der Waals surface area contributed by atoms with Crippen LogP contribution in [0.15, 0.2) is 75.9 Å². The molecule has 0 aliphatic carbocycles. The van der Waals surface area contributed by atoms with E-state index in [2.05, 4.69) is 5.10 Å². The van der Waals surface area contributed by atoms with Crippen molar-refractivity contribution in [3.05, 3.63) is 82.6 Å². The Morgan fingerprint density at radius 3 is 2.48 bits per heavy atom. The molecule has 0 N–H and O–H groups in total. The molecule has 0 fully saturated rings. The van der Waals surface area contributed by atoms with Gasteiger partial charge in [0.15, 0.2) is 0 Å². The molecule has 4 aromatic rings. The van der Waals surface area contributed by atoms with Crippen LogP contribution in [0.5, 0.6) is 0 Å². The van der Waals surface area contributed by atoms with Crippen LogP contribution in [-0.4, -0.2) is 9.61 Å². The molecule has 2 aromatic heterocycles. The lowest BCUT2D eigenvalue weighted by Gasteiger charge is -2.02. The second-order valence-electron chi connectivity index (χ2n) is 5.46. The molecule has 0 unspecified atom stereocenters. The lowest BCUT2D eigenvalue weighted by molar-refractivity contribution is 0.577. The zero-order valence-corrected chi connectivity index (χ0v) is 12.6. The van der Waals surface area contributed by atoms with Gasteiger partial charge in [0.05, 0.1) is 5.69 Å². The first kappa shape index (κ1) is 13.5. The normalized spacial score (nSPS) is 11.0. The SMILES string of the molecule is Cc1cccc(-c2cc(=O)n3nc(-c4ccccc4)cc3o2)c1. The smallest absolute Gasteiger partial charge is 0.277 e. The number of fused-ring (bicyclic) bond motifs is 1. The summed E-state index contributed by atoms with van der Waals surface area (Å²) < 4.78 is 7.18. The zero-order chi connectivity index (χ0) is 15.8. The fraction of sp³-hybridized carbons (Fsp3) is 0.0526. The molecule has 0 radical (unpaired) electrons. The van der Waals surface area contributed by atoms with E-state index in [-0.39, 0.29) is 5.56 Å². The largest absolute Gasteiger partial charge is 0.438 e. The Balaban J connectivity index is 1.89. The van der Waals surface area contributed by atoms with Crippen molar-refractivity contribution >= 4 is 5.71 Å². The van der Waals surface area contributed by atoms with E-state index in [4.69, 9.17) is 4.42 Å². The molecule has 4 nitrogen and oxygen atoms in total. The molecular formula is C19H14N2O2. The summed E-state index contributed by atoms with van der Waals surface area (Å²) in [6.07, 6.45) is 0. The Hall–Kier alpha value is -3.14. The molecule has 23 heavy (non-hydrogen) atoms. The van der Waals surface area contributed by atoms with Crippen molar-refractivity contribution in [1.29, 1.82) is 0 Å². The van der Waals surface area contributed by atoms with Crippen molar-refractivity contribution in [1.82, 2.24) is 9.61 Å². The first-order valence-electron chi connectivity index (χ1n) is 7.37. The Morgan fingerprint density at radius 1 is 0.913 bits per heavy atom. The van der Waals surface area contributed by atoms with Crippen molar-refractivity contribution in [2.24, 2.45) is 0 Å². The van der Waals surface area contributed by atoms with Gasteiger partial charge >= 0.3 is 0 Å². The average Bonchev–Trinajstić information content (AvgIpc) is 3.00. The highest BCUT2D eigenvalue weighted by molar-refractivity contribution is 5.65. The van der Waals surface area contributed by atoms with Gasteiger partial charge in [0, 0.05) is 23.3 Å². The van der Waals surface area contributed by atoms with Crippen LogP contribution >= 0.6 is 0 Å². The van der Waals surface area contributed by atoms with Gasteiger partial charge in [0.25, 0.3) is 5.56 Å². The van der Waals surface area contributed by atoms with E-state index in [1.54, 1.807) is 6.07 Å². The van der Waals surface area contributed by atoms with Gasteiger partial charge in [0.2, 0.25) is 5.71 Å². The van der Waals surface area contributed by atoms with Crippen molar-refractivity contribution < 1.29 is 4.42 Å². The summed E-state index contributed by atoms with van der Waals surface area (Å²) in [5, 5.41) is 4.35. The maximum Gasteiger partial charge on any atom is 0.277 e. The second-order valence-corrected chi connectivity index (χ2v) is 5.46.